The van der Waals surface area contributed by atoms with E-state index in [1.165, 1.54) is 11.1 Å². The van der Waals surface area contributed by atoms with E-state index in [4.69, 9.17) is 0 Å². The first-order chi connectivity index (χ1) is 30.5. The van der Waals surface area contributed by atoms with Crippen LogP contribution in [0.1, 0.15) is 27.7 Å². The molecule has 0 saturated heterocycles. The highest BCUT2D eigenvalue weighted by Gasteiger charge is 2.70. The molecule has 378 valence electrons. The lowest BCUT2D eigenvalue weighted by Gasteiger charge is -2.66. The highest BCUT2D eigenvalue weighted by molar-refractivity contribution is 7.68. The van der Waals surface area contributed by atoms with Crippen LogP contribution >= 0.6 is 0 Å². The number of benzene rings is 3. The predicted molar refractivity (Wildman–Crippen MR) is 349 cm³/mol. The normalized spacial score (nSPS) is 14.7. The summed E-state index contributed by atoms with van der Waals surface area (Å²) in [7, 11) is -22.1. The second-order valence-corrected chi connectivity index (χ2v) is 106. The Kier molecular flexibility index (Phi) is 18.5. The summed E-state index contributed by atoms with van der Waals surface area (Å²) in [6, 6.07) is 36.7. The fourth-order valence-corrected chi connectivity index (χ4v) is 231. The molecule has 0 radical (unpaired) electrons. The van der Waals surface area contributed by atoms with Crippen molar-refractivity contribution in [1.82, 2.24) is 0 Å². The first-order valence-electron chi connectivity index (χ1n) is 26.9. The summed E-state index contributed by atoms with van der Waals surface area (Å²) >= 11 is 0. The van der Waals surface area contributed by atoms with Crippen LogP contribution in [0.3, 0.4) is 0 Å². The summed E-state index contributed by atoms with van der Waals surface area (Å²) in [6.07, 6.45) is 0. The zero-order valence-electron chi connectivity index (χ0n) is 49.7. The minimum atomic E-state index is -2.48. The molecule has 0 amide bonds. The predicted octanol–water partition coefficient (Wildman–Crippen LogP) is 19.6. The minimum Gasteiger partial charge on any atom is -0.0760 e. The van der Waals surface area contributed by atoms with E-state index in [2.05, 4.69) is 281 Å². The second kappa shape index (κ2) is 20.8. The maximum atomic E-state index is 3.39. The van der Waals surface area contributed by atoms with E-state index in [9.17, 15) is 0 Å². The summed E-state index contributed by atoms with van der Waals surface area (Å²) in [5.74, 6) is 0. The molecule has 0 spiro atoms. The molecule has 0 saturated carbocycles. The Labute approximate surface area is 435 Å². The highest BCUT2D eigenvalue weighted by Crippen LogP contribution is 2.62. The quantitative estimate of drug-likeness (QED) is 0.0821. The highest BCUT2D eigenvalue weighted by atomic mass is 29.7. The van der Waals surface area contributed by atoms with Crippen LogP contribution in [-0.4, -0.2) is 94.6 Å². The summed E-state index contributed by atoms with van der Waals surface area (Å²) in [4.78, 5) is 3.74. The van der Waals surface area contributed by atoms with Gasteiger partial charge >= 0.3 is 0 Å². The smallest absolute Gasteiger partial charge is 0.0635 e. The van der Waals surface area contributed by atoms with Crippen molar-refractivity contribution in [3.63, 3.8) is 0 Å². The van der Waals surface area contributed by atoms with Crippen LogP contribution in [0, 0.1) is 0 Å². The number of rotatable bonds is 19. The van der Waals surface area contributed by atoms with E-state index >= 15 is 0 Å². The van der Waals surface area contributed by atoms with Crippen molar-refractivity contribution in [1.29, 1.82) is 0 Å². The topological polar surface area (TPSA) is 0 Å². The Balaban J connectivity index is 2.97. The van der Waals surface area contributed by atoms with E-state index < -0.39 is 94.6 Å². The van der Waals surface area contributed by atoms with Crippen LogP contribution in [-0.2, 0) is 0 Å². The Morgan fingerprint density at radius 3 is 0.824 bits per heavy atom. The van der Waals surface area contributed by atoms with Crippen LogP contribution in [0.15, 0.2) is 96.7 Å². The average molecular weight is 1120 g/mol. The zero-order chi connectivity index (χ0) is 52.4. The Bertz CT molecular complexity index is 2170. The molecule has 12 heteroatoms. The molecule has 0 atom stereocenters. The molecule has 0 N–H and O–H groups in total. The maximum absolute atomic E-state index is 3.39. The molecule has 68 heavy (non-hydrogen) atoms. The van der Waals surface area contributed by atoms with E-state index in [0.29, 0.717) is 0 Å². The van der Waals surface area contributed by atoms with Gasteiger partial charge in [-0.1, -0.05) is 312 Å². The molecule has 1 aromatic heterocycles. The van der Waals surface area contributed by atoms with Gasteiger partial charge in [0, 0.05) is 79.4 Å². The Morgan fingerprint density at radius 2 is 0.559 bits per heavy atom. The Hall–Kier alpha value is -0.257. The summed E-state index contributed by atoms with van der Waals surface area (Å²) in [5, 5.41) is 1.95. The average Bonchev–Trinajstić information content (AvgIpc) is 3.12. The van der Waals surface area contributed by atoms with Crippen molar-refractivity contribution < 1.29 is 0 Å². The molecule has 0 aliphatic carbocycles. The first kappa shape index (κ1) is 60.3. The van der Waals surface area contributed by atoms with Crippen LogP contribution in [0.4, 0.5) is 0 Å². The van der Waals surface area contributed by atoms with Crippen molar-refractivity contribution >= 4 is 94.6 Å². The largest absolute Gasteiger partial charge is 0.0760 e. The van der Waals surface area contributed by atoms with E-state index in [0.717, 1.165) is 30.2 Å². The molecule has 4 rings (SSSR count). The van der Waals surface area contributed by atoms with Crippen LogP contribution in [0.5, 0.6) is 0 Å². The molecule has 0 nitrogen and oxygen atoms in total. The maximum Gasteiger partial charge on any atom is 0.0635 e. The molecule has 0 bridgehead atoms. The fourth-order valence-electron chi connectivity index (χ4n) is 17.9. The molecule has 0 aliphatic rings. The van der Waals surface area contributed by atoms with Gasteiger partial charge in [0.2, 0.25) is 0 Å². The Morgan fingerprint density at radius 1 is 0.309 bits per heavy atom. The number of hydrogen-bond donors (Lipinski definition) is 0. The van der Waals surface area contributed by atoms with Gasteiger partial charge in [0.1, 0.15) is 0 Å². The van der Waals surface area contributed by atoms with Crippen LogP contribution in [0.2, 0.25) is 187 Å². The monoisotopic (exact) mass is 1110 g/mol. The lowest BCUT2D eigenvalue weighted by atomic mass is 9.94. The molecular weight excluding hydrogens is 1010 g/mol. The molecule has 4 aromatic rings. The van der Waals surface area contributed by atoms with Gasteiger partial charge < -0.3 is 0 Å². The molecular formula is C56H106Si12. The third kappa shape index (κ3) is 12.0. The van der Waals surface area contributed by atoms with Gasteiger partial charge in [-0.2, -0.15) is 0 Å². The van der Waals surface area contributed by atoms with Crippen molar-refractivity contribution in [2.75, 3.05) is 0 Å². The van der Waals surface area contributed by atoms with E-state index in [1.807, 2.05) is 5.17 Å². The molecule has 0 aliphatic heterocycles. The lowest BCUT2D eigenvalue weighted by molar-refractivity contribution is 0.987. The fraction of sp³-hybridized carbons (Fsp3) is 0.607. The summed E-state index contributed by atoms with van der Waals surface area (Å²) in [6.45, 7) is 81.8. The molecule has 0 fully saturated rings. The van der Waals surface area contributed by atoms with Crippen molar-refractivity contribution in [2.24, 2.45) is 0 Å². The second-order valence-electron chi connectivity index (χ2n) is 31.0. The first-order valence-corrected chi connectivity index (χ1v) is 66.1. The lowest BCUT2D eigenvalue weighted by Crippen LogP contribution is -2.80. The van der Waals surface area contributed by atoms with Gasteiger partial charge in [-0.05, 0) is 33.0 Å². The number of hydrogen-bond acceptors (Lipinski definition) is 0. The van der Waals surface area contributed by atoms with Gasteiger partial charge in [-0.15, -0.1) is 0 Å². The van der Waals surface area contributed by atoms with Gasteiger partial charge in [0.05, 0.1) is 15.2 Å². The SMILES string of the molecule is CC(C)[Si](C([Si](C)(C)C)[Si](C)(C)C)(C([Si](C)(C)C)[Si](C)(C)C)[si]1cc(-c2ccccc2)c(-c2ccccc2)c(-c2ccccc2)[si]1[Si](C(C)C)(C([Si](C)(C)C)[Si](C)(C)C)C([Si](C)(C)C)[Si](C)(C)C. The van der Waals surface area contributed by atoms with Crippen molar-refractivity contribution in [3.05, 3.63) is 96.7 Å². The zero-order valence-corrected chi connectivity index (χ0v) is 61.7. The van der Waals surface area contributed by atoms with Gasteiger partial charge in [0.15, 0.2) is 0 Å². The standard InChI is InChI=1S/C56H106Si12/c1-45(2)67(53(59(5,6)7)60(8,9)10,54(61(11,12)13)62(14,15)16)57-44-50(47-38-32-29-33-39-47)51(48-40-34-30-35-41-48)52(49-42-36-31-37-43-49)58(57)68(46(3)4,55(63(17,18)19)64(20,21)22)56(65(23,24)25)66(26,27)28/h29-46,53-56H,1-28H3. The molecule has 0 unspecified atom stereocenters. The third-order valence-electron chi connectivity index (χ3n) is 16.2. The van der Waals surface area contributed by atoms with E-state index in [1.54, 1.807) is 16.7 Å². The molecule has 1 heterocycles. The van der Waals surface area contributed by atoms with Crippen molar-refractivity contribution in [3.8, 4) is 33.0 Å². The van der Waals surface area contributed by atoms with Gasteiger partial charge in [0.25, 0.3) is 0 Å². The minimum absolute atomic E-state index is 0.721. The third-order valence-corrected chi connectivity index (χ3v) is 133. The van der Waals surface area contributed by atoms with Crippen LogP contribution < -0.4 is 0 Å². The summed E-state index contributed by atoms with van der Waals surface area (Å²) < 4.78 is 0. The summed E-state index contributed by atoms with van der Waals surface area (Å²) in [5.41, 5.74) is 12.7. The van der Waals surface area contributed by atoms with E-state index in [-0.39, 0.29) is 0 Å². The van der Waals surface area contributed by atoms with Crippen molar-refractivity contribution in [2.45, 2.75) is 215 Å². The van der Waals surface area contributed by atoms with Crippen LogP contribution in [0.25, 0.3) is 33.0 Å². The molecule has 3 aromatic carbocycles. The van der Waals surface area contributed by atoms with Gasteiger partial charge in [-0.3, -0.25) is 0 Å². The van der Waals surface area contributed by atoms with Gasteiger partial charge in [-0.25, -0.2) is 0 Å².